The lowest BCUT2D eigenvalue weighted by atomic mass is 9.76. The molecular formula is C23H25BrClN3O2. The lowest BCUT2D eigenvalue weighted by molar-refractivity contribution is 0.0184. The number of fused-ring (bicyclic) bond motifs is 1. The summed E-state index contributed by atoms with van der Waals surface area (Å²) in [6.07, 6.45) is 2.26. The number of nitrogens with one attached hydrogen (secondary N) is 1. The number of halogens is 2. The van der Waals surface area contributed by atoms with E-state index in [1.54, 1.807) is 11.2 Å². The number of aromatic amines is 1. The standard InChI is InChI=1S/C23H25BrClN3O2/c1-23(2,3)30-22(29)28-10-9-15(17-5-4-6-20-21(17)27-13-26-20)18(12-28)16-8-7-14(24)11-19(16)25/h4-8,11,13,15,18H,9-10,12H2,1-3H3,(H,26,27)/t15-,18+/m1/s1. The van der Waals surface area contributed by atoms with Crippen molar-refractivity contribution in [1.29, 1.82) is 0 Å². The zero-order valence-corrected chi connectivity index (χ0v) is 19.6. The van der Waals surface area contributed by atoms with Crippen LogP contribution in [0.4, 0.5) is 4.79 Å². The number of imidazole rings is 1. The van der Waals surface area contributed by atoms with Gasteiger partial charge in [0.15, 0.2) is 0 Å². The van der Waals surface area contributed by atoms with Crippen molar-refractivity contribution in [3.05, 3.63) is 63.3 Å². The summed E-state index contributed by atoms with van der Waals surface area (Å²) in [6.45, 7) is 6.84. The number of para-hydroxylation sites is 1. The van der Waals surface area contributed by atoms with E-state index in [4.69, 9.17) is 16.3 Å². The van der Waals surface area contributed by atoms with Crippen molar-refractivity contribution in [2.75, 3.05) is 13.1 Å². The van der Waals surface area contributed by atoms with E-state index in [9.17, 15) is 4.79 Å². The second-order valence-corrected chi connectivity index (χ2v) is 10.1. The maximum Gasteiger partial charge on any atom is 0.410 e. The summed E-state index contributed by atoms with van der Waals surface area (Å²) in [5.41, 5.74) is 3.68. The zero-order valence-electron chi connectivity index (χ0n) is 17.3. The molecule has 1 amide bonds. The first-order valence-electron chi connectivity index (χ1n) is 10.1. The molecule has 1 saturated heterocycles. The molecule has 1 aliphatic rings. The Morgan fingerprint density at radius 1 is 1.23 bits per heavy atom. The van der Waals surface area contributed by atoms with Crippen LogP contribution in [0.2, 0.25) is 5.02 Å². The van der Waals surface area contributed by atoms with Gasteiger partial charge in [0.05, 0.1) is 17.4 Å². The molecule has 2 heterocycles. The minimum Gasteiger partial charge on any atom is -0.444 e. The normalized spacial score (nSPS) is 19.8. The minimum absolute atomic E-state index is 0.0363. The van der Waals surface area contributed by atoms with Crippen molar-refractivity contribution in [3.63, 3.8) is 0 Å². The third-order valence-corrected chi connectivity index (χ3v) is 6.33. The van der Waals surface area contributed by atoms with Crippen molar-refractivity contribution < 1.29 is 9.53 Å². The molecule has 1 N–H and O–H groups in total. The van der Waals surface area contributed by atoms with Crippen LogP contribution in [-0.4, -0.2) is 39.7 Å². The van der Waals surface area contributed by atoms with Crippen molar-refractivity contribution >= 4 is 44.7 Å². The van der Waals surface area contributed by atoms with Crippen LogP contribution in [0, 0.1) is 0 Å². The van der Waals surface area contributed by atoms with E-state index in [1.807, 2.05) is 45.0 Å². The van der Waals surface area contributed by atoms with Gasteiger partial charge >= 0.3 is 6.09 Å². The van der Waals surface area contributed by atoms with E-state index in [0.29, 0.717) is 18.1 Å². The molecule has 2 aromatic carbocycles. The van der Waals surface area contributed by atoms with E-state index >= 15 is 0 Å². The highest BCUT2D eigenvalue weighted by Gasteiger charge is 2.37. The van der Waals surface area contributed by atoms with Gasteiger partial charge in [-0.15, -0.1) is 0 Å². The van der Waals surface area contributed by atoms with Gasteiger partial charge in [-0.25, -0.2) is 9.78 Å². The van der Waals surface area contributed by atoms with Crippen LogP contribution in [0.25, 0.3) is 11.0 Å². The molecule has 3 aromatic rings. The second-order valence-electron chi connectivity index (χ2n) is 8.74. The molecule has 0 radical (unpaired) electrons. The molecule has 2 atom stereocenters. The molecule has 30 heavy (non-hydrogen) atoms. The van der Waals surface area contributed by atoms with E-state index in [1.165, 1.54) is 5.56 Å². The number of amides is 1. The van der Waals surface area contributed by atoms with Gasteiger partial charge in [0.1, 0.15) is 5.60 Å². The van der Waals surface area contributed by atoms with Crippen molar-refractivity contribution in [2.24, 2.45) is 0 Å². The Bertz CT molecular complexity index is 1080. The first-order valence-corrected chi connectivity index (χ1v) is 11.2. The molecule has 5 nitrogen and oxygen atoms in total. The number of rotatable bonds is 2. The topological polar surface area (TPSA) is 58.2 Å². The maximum absolute atomic E-state index is 12.8. The summed E-state index contributed by atoms with van der Waals surface area (Å²) in [6, 6.07) is 12.2. The fourth-order valence-electron chi connectivity index (χ4n) is 4.22. The maximum atomic E-state index is 12.8. The molecule has 1 aliphatic heterocycles. The summed E-state index contributed by atoms with van der Waals surface area (Å²) in [5.74, 6) is 0.225. The molecule has 4 rings (SSSR count). The number of nitrogens with zero attached hydrogens (tertiary/aromatic N) is 2. The molecule has 0 saturated carbocycles. The van der Waals surface area contributed by atoms with Crippen molar-refractivity contribution in [3.8, 4) is 0 Å². The molecule has 7 heteroatoms. The van der Waals surface area contributed by atoms with E-state index < -0.39 is 5.60 Å². The zero-order chi connectivity index (χ0) is 21.5. The Hall–Kier alpha value is -2.05. The Labute approximate surface area is 189 Å². The van der Waals surface area contributed by atoms with Gasteiger partial charge in [-0.05, 0) is 62.4 Å². The number of piperidine rings is 1. The van der Waals surface area contributed by atoms with E-state index in [-0.39, 0.29) is 17.9 Å². The highest BCUT2D eigenvalue weighted by Crippen LogP contribution is 2.44. The van der Waals surface area contributed by atoms with Gasteiger partial charge in [-0.1, -0.05) is 45.7 Å². The summed E-state index contributed by atoms with van der Waals surface area (Å²) in [4.78, 5) is 22.3. The Kier molecular flexibility index (Phi) is 5.82. The Morgan fingerprint density at radius 3 is 2.77 bits per heavy atom. The molecule has 0 spiro atoms. The SMILES string of the molecule is CC(C)(C)OC(=O)N1CC[C@H](c2cccc3[nH]cnc23)[C@@H](c2ccc(Br)cc2Cl)C1. The molecule has 1 fully saturated rings. The summed E-state index contributed by atoms with van der Waals surface area (Å²) >= 11 is 10.2. The van der Waals surface area contributed by atoms with Crippen LogP contribution in [-0.2, 0) is 4.74 Å². The van der Waals surface area contributed by atoms with Crippen LogP contribution < -0.4 is 0 Å². The smallest absolute Gasteiger partial charge is 0.410 e. The third-order valence-electron chi connectivity index (χ3n) is 5.51. The number of likely N-dealkylation sites (tertiary alicyclic amines) is 1. The number of hydrogen-bond donors (Lipinski definition) is 1. The summed E-state index contributed by atoms with van der Waals surface area (Å²) < 4.78 is 6.57. The first-order chi connectivity index (χ1) is 14.2. The predicted octanol–water partition coefficient (Wildman–Crippen LogP) is 6.49. The lowest BCUT2D eigenvalue weighted by Crippen LogP contribution is -2.44. The Morgan fingerprint density at radius 2 is 2.03 bits per heavy atom. The van der Waals surface area contributed by atoms with Crippen LogP contribution in [0.15, 0.2) is 47.2 Å². The molecule has 0 bridgehead atoms. The van der Waals surface area contributed by atoms with Gasteiger partial charge in [-0.2, -0.15) is 0 Å². The number of carbonyl (C=O) groups is 1. The molecule has 1 aromatic heterocycles. The summed E-state index contributed by atoms with van der Waals surface area (Å²) in [7, 11) is 0. The number of ether oxygens (including phenoxy) is 1. The predicted molar refractivity (Wildman–Crippen MR) is 123 cm³/mol. The van der Waals surface area contributed by atoms with Gasteiger partial charge in [-0.3, -0.25) is 0 Å². The van der Waals surface area contributed by atoms with Crippen molar-refractivity contribution in [1.82, 2.24) is 14.9 Å². The van der Waals surface area contributed by atoms with E-state index in [2.05, 4.69) is 38.0 Å². The van der Waals surface area contributed by atoms with Crippen LogP contribution >= 0.6 is 27.5 Å². The highest BCUT2D eigenvalue weighted by atomic mass is 79.9. The summed E-state index contributed by atoms with van der Waals surface area (Å²) in [5, 5.41) is 0.694. The number of hydrogen-bond acceptors (Lipinski definition) is 3. The van der Waals surface area contributed by atoms with E-state index in [0.717, 1.165) is 27.5 Å². The second kappa shape index (κ2) is 8.23. The third kappa shape index (κ3) is 4.35. The average Bonchev–Trinajstić information content (AvgIpc) is 3.15. The number of benzene rings is 2. The van der Waals surface area contributed by atoms with Crippen LogP contribution in [0.3, 0.4) is 0 Å². The molecule has 0 aliphatic carbocycles. The molecule has 0 unspecified atom stereocenters. The number of carbonyl (C=O) groups excluding carboxylic acids is 1. The quantitative estimate of drug-likeness (QED) is 0.447. The van der Waals surface area contributed by atoms with Crippen LogP contribution in [0.1, 0.15) is 50.2 Å². The van der Waals surface area contributed by atoms with Gasteiger partial charge in [0.2, 0.25) is 0 Å². The first kappa shape index (κ1) is 21.2. The van der Waals surface area contributed by atoms with Crippen LogP contribution in [0.5, 0.6) is 0 Å². The number of aromatic nitrogens is 2. The van der Waals surface area contributed by atoms with Gasteiger partial charge in [0.25, 0.3) is 0 Å². The minimum atomic E-state index is -0.528. The van der Waals surface area contributed by atoms with Gasteiger partial charge in [0, 0.05) is 28.5 Å². The fraction of sp³-hybridized carbons (Fsp3) is 0.391. The fourth-order valence-corrected chi connectivity index (χ4v) is 5.03. The molecular weight excluding hydrogens is 466 g/mol. The Balaban J connectivity index is 1.73. The molecule has 158 valence electrons. The monoisotopic (exact) mass is 489 g/mol. The van der Waals surface area contributed by atoms with Gasteiger partial charge < -0.3 is 14.6 Å². The highest BCUT2D eigenvalue weighted by molar-refractivity contribution is 9.10. The lowest BCUT2D eigenvalue weighted by Gasteiger charge is -2.40. The van der Waals surface area contributed by atoms with Crippen molar-refractivity contribution in [2.45, 2.75) is 44.6 Å². The number of H-pyrrole nitrogens is 1. The largest absolute Gasteiger partial charge is 0.444 e. The average molecular weight is 491 g/mol.